The van der Waals surface area contributed by atoms with Crippen LogP contribution in [0.1, 0.15) is 0 Å². The number of hydrogen-bond donors (Lipinski definition) is 0. The molecule has 0 aromatic heterocycles. The van der Waals surface area contributed by atoms with E-state index >= 15 is 0 Å². The van der Waals surface area contributed by atoms with Gasteiger partial charge in [0.2, 0.25) is 0 Å². The molecule has 8 nitrogen and oxygen atoms in total. The third kappa shape index (κ3) is 1020. The third-order valence-corrected chi connectivity index (χ3v) is 0. The molecule has 0 aromatic carbocycles. The van der Waals surface area contributed by atoms with Gasteiger partial charge in [0.15, 0.2) is 0 Å². The summed E-state index contributed by atoms with van der Waals surface area (Å²) >= 11 is 0. The maximum atomic E-state index is 8.25. The van der Waals surface area contributed by atoms with E-state index < -0.39 is 10.2 Å². The third-order valence-electron chi connectivity index (χ3n) is 0. The molecule has 0 N–H and O–H groups in total. The van der Waals surface area contributed by atoms with Crippen molar-refractivity contribution in [1.82, 2.24) is 0 Å². The van der Waals surface area contributed by atoms with Crippen LogP contribution in [0, 0.1) is 99.8 Å². The van der Waals surface area contributed by atoms with Crippen LogP contribution in [0.3, 0.4) is 0 Å². The summed E-state index contributed by atoms with van der Waals surface area (Å²) in [6.07, 6.45) is 0. The molecule has 10 heavy (non-hydrogen) atoms. The first-order valence-electron chi connectivity index (χ1n) is 1.10. The second-order valence-electron chi connectivity index (χ2n) is 0.447. The fourth-order valence-corrected chi connectivity index (χ4v) is 0. The molecule has 0 saturated heterocycles. The maximum Gasteiger partial charge on any atom is 4.00 e. The fourth-order valence-electron chi connectivity index (χ4n) is 0. The van der Waals surface area contributed by atoms with Crippen LogP contribution >= 0.6 is 0 Å². The summed E-state index contributed by atoms with van der Waals surface area (Å²) in [6, 6.07) is 0. The van der Waals surface area contributed by atoms with E-state index in [0.717, 1.165) is 0 Å². The zero-order valence-corrected chi connectivity index (χ0v) is 11.8. The first-order chi connectivity index (χ1) is 3.46. The molecule has 0 saturated carbocycles. The van der Waals surface area contributed by atoms with Gasteiger partial charge in [-0.25, -0.2) is 0 Å². The van der Waals surface area contributed by atoms with Crippen molar-refractivity contribution in [2.75, 3.05) is 0 Å². The van der Waals surface area contributed by atoms with Crippen molar-refractivity contribution in [3.8, 4) is 0 Å². The summed E-state index contributed by atoms with van der Waals surface area (Å²) in [5.41, 5.74) is 0. The molecular formula is N2O6PuTh+6. The van der Waals surface area contributed by atoms with Crippen LogP contribution in [0.2, 0.25) is 0 Å². The van der Waals surface area contributed by atoms with Crippen LogP contribution in [-0.2, 0) is 0 Å². The summed E-state index contributed by atoms with van der Waals surface area (Å²) in [5, 5.41) is 29.5. The minimum atomic E-state index is -1.75. The van der Waals surface area contributed by atoms with E-state index in [-0.39, 0.29) is 69.1 Å². The average Bonchev–Trinajstić information content (AvgIpc) is 1.25. The monoisotopic (exact) mass is 594 g/mol. The van der Waals surface area contributed by atoms with Crippen LogP contribution in [-0.4, -0.2) is 10.2 Å². The normalized spacial score (nSPS) is 4.80. The van der Waals surface area contributed by atoms with Crippen LogP contribution in [0.4, 0.5) is 0 Å². The molecule has 0 bridgehead atoms. The van der Waals surface area contributed by atoms with Crippen molar-refractivity contribution in [1.29, 1.82) is 0 Å². The van der Waals surface area contributed by atoms with Gasteiger partial charge in [-0.3, -0.25) is 0 Å². The van der Waals surface area contributed by atoms with Gasteiger partial charge >= 0.3 is 69.1 Å². The van der Waals surface area contributed by atoms with E-state index in [2.05, 4.69) is 0 Å². The molecule has 50 valence electrons. The summed E-state index contributed by atoms with van der Waals surface area (Å²) in [6.45, 7) is 0. The number of rotatable bonds is 0. The molecular weight excluding hydrogens is 600 g/mol. The van der Waals surface area contributed by atoms with Crippen molar-refractivity contribution in [2.24, 2.45) is 0 Å². The summed E-state index contributed by atoms with van der Waals surface area (Å²) in [5.74, 6) is 0. The summed E-state index contributed by atoms with van der Waals surface area (Å²) < 4.78 is 0. The topological polar surface area (TPSA) is 132 Å². The van der Waals surface area contributed by atoms with Crippen molar-refractivity contribution in [3.05, 3.63) is 30.6 Å². The van der Waals surface area contributed by atoms with E-state index in [1.54, 1.807) is 0 Å². The minimum absolute atomic E-state index is 0. The van der Waals surface area contributed by atoms with E-state index in [4.69, 9.17) is 30.6 Å². The van der Waals surface area contributed by atoms with Gasteiger partial charge in [0, 0.05) is 0 Å². The molecule has 0 aliphatic rings. The van der Waals surface area contributed by atoms with Gasteiger partial charge in [0.05, 0.1) is 10.2 Å². The van der Waals surface area contributed by atoms with Crippen molar-refractivity contribution < 1.29 is 79.3 Å². The average molecular weight is 600 g/mol. The Morgan fingerprint density at radius 1 is 0.800 bits per heavy atom. The van der Waals surface area contributed by atoms with Gasteiger partial charge in [0.1, 0.15) is 0 Å². The largest absolute Gasteiger partial charge is 4.00 e. The Morgan fingerprint density at radius 2 is 0.800 bits per heavy atom. The molecule has 0 aliphatic heterocycles. The van der Waals surface area contributed by atoms with E-state index in [9.17, 15) is 0 Å². The molecule has 0 rings (SSSR count). The SMILES string of the molecule is O=[N+]([O-])[O-].O=[N+]([O-])[O-].[Pu+4].[Th+4]. The second kappa shape index (κ2) is 16.4. The molecule has 0 heterocycles. The van der Waals surface area contributed by atoms with E-state index in [1.165, 1.54) is 0 Å². The van der Waals surface area contributed by atoms with Gasteiger partial charge in [-0.05, 0) is 0 Å². The molecule has 0 aliphatic carbocycles. The first kappa shape index (κ1) is 22.4. The van der Waals surface area contributed by atoms with Crippen molar-refractivity contribution in [2.45, 2.75) is 0 Å². The van der Waals surface area contributed by atoms with Crippen LogP contribution in [0.25, 0.3) is 0 Å². The molecule has 0 unspecified atom stereocenters. The van der Waals surface area contributed by atoms with Crippen molar-refractivity contribution in [3.63, 3.8) is 0 Å². The maximum absolute atomic E-state index is 8.25. The Morgan fingerprint density at radius 3 is 0.800 bits per heavy atom. The molecule has 10 heteroatoms. The van der Waals surface area contributed by atoms with Crippen LogP contribution < -0.4 is 0 Å². The predicted molar refractivity (Wildman–Crippen MR) is 20.7 cm³/mol. The minimum Gasteiger partial charge on any atom is -0.356 e. The Kier molecular flexibility index (Phi) is 36.7. The Hall–Kier alpha value is 0.712. The molecule has 0 radical (unpaired) electrons. The zero-order chi connectivity index (χ0) is 7.15. The summed E-state index contributed by atoms with van der Waals surface area (Å²) in [4.78, 5) is 16.5. The Bertz CT molecular complexity index is 73.7. The summed E-state index contributed by atoms with van der Waals surface area (Å²) in [7, 11) is 0. The number of nitrogens with zero attached hydrogens (tertiary/aromatic N) is 2. The smallest absolute Gasteiger partial charge is 0.356 e. The standard InChI is InChI=1S/2NO3.Pu.Th/c2*2-1(3)4;;/q2*-1;2*+4. The molecule has 0 spiro atoms. The fraction of sp³-hybridized carbons (Fsp3) is 0. The van der Waals surface area contributed by atoms with E-state index in [0.29, 0.717) is 0 Å². The molecule has 0 atom stereocenters. The Labute approximate surface area is 108 Å². The van der Waals surface area contributed by atoms with Crippen molar-refractivity contribution >= 4 is 0 Å². The zero-order valence-electron chi connectivity index (χ0n) is 4.25. The molecule has 0 aromatic rings. The first-order valence-corrected chi connectivity index (χ1v) is 1.10. The van der Waals surface area contributed by atoms with Gasteiger partial charge in [-0.2, -0.15) is 0 Å². The predicted octanol–water partition coefficient (Wildman–Crippen LogP) is -0.478. The molecule has 0 amide bonds. The van der Waals surface area contributed by atoms with Gasteiger partial charge in [-0.1, -0.05) is 0 Å². The van der Waals surface area contributed by atoms with Crippen LogP contribution in [0.15, 0.2) is 0 Å². The quantitative estimate of drug-likeness (QED) is 0.273. The molecule has 0 fully saturated rings. The van der Waals surface area contributed by atoms with Gasteiger partial charge in [-0.15, -0.1) is 0 Å². The number of hydrogen-bond acceptors (Lipinski definition) is 6. The van der Waals surface area contributed by atoms with E-state index in [1.807, 2.05) is 0 Å². The second-order valence-corrected chi connectivity index (χ2v) is 0.447. The van der Waals surface area contributed by atoms with Gasteiger partial charge < -0.3 is 30.6 Å². The Balaban J connectivity index is -0.0000000300. The van der Waals surface area contributed by atoms with Crippen LogP contribution in [0.5, 0.6) is 0 Å². The van der Waals surface area contributed by atoms with Gasteiger partial charge in [0.25, 0.3) is 0 Å².